The van der Waals surface area contributed by atoms with E-state index in [1.165, 1.54) is 12.1 Å². The Labute approximate surface area is 120 Å². The largest absolute Gasteiger partial charge is 0.491 e. The van der Waals surface area contributed by atoms with Gasteiger partial charge in [-0.2, -0.15) is 0 Å². The molecule has 114 valence electrons. The number of aliphatic hydroxyl groups is 1. The molecule has 1 atom stereocenters. The van der Waals surface area contributed by atoms with Crippen molar-refractivity contribution >= 4 is 11.4 Å². The van der Waals surface area contributed by atoms with Crippen molar-refractivity contribution in [2.75, 3.05) is 24.2 Å². The van der Waals surface area contributed by atoms with E-state index in [4.69, 9.17) is 10.5 Å². The second-order valence-electron chi connectivity index (χ2n) is 5.75. The Balaban J connectivity index is 2.79. The maximum Gasteiger partial charge on any atom is 0.167 e. The molecule has 4 N–H and O–H groups in total. The molecule has 0 aliphatic heterocycles. The molecule has 0 aromatic heterocycles. The van der Waals surface area contributed by atoms with Gasteiger partial charge < -0.3 is 20.9 Å². The third kappa shape index (κ3) is 4.89. The Morgan fingerprint density at radius 1 is 1.45 bits per heavy atom. The van der Waals surface area contributed by atoms with Crippen molar-refractivity contribution in [3.63, 3.8) is 0 Å². The van der Waals surface area contributed by atoms with Crippen LogP contribution in [0.1, 0.15) is 34.1 Å². The fraction of sp³-hybridized carbons (Fsp3) is 0.600. The van der Waals surface area contributed by atoms with Crippen molar-refractivity contribution in [1.29, 1.82) is 0 Å². The van der Waals surface area contributed by atoms with Crippen LogP contribution in [-0.4, -0.2) is 23.9 Å². The first kappa shape index (κ1) is 16.6. The first-order chi connectivity index (χ1) is 9.25. The highest BCUT2D eigenvalue weighted by molar-refractivity contribution is 5.68. The molecule has 0 heterocycles. The molecule has 0 bridgehead atoms. The van der Waals surface area contributed by atoms with E-state index in [2.05, 4.69) is 5.32 Å². The maximum absolute atomic E-state index is 13.6. The number of benzene rings is 1. The van der Waals surface area contributed by atoms with Gasteiger partial charge in [-0.05, 0) is 26.2 Å². The first-order valence-electron chi connectivity index (χ1n) is 6.93. The van der Waals surface area contributed by atoms with Gasteiger partial charge in [-0.1, -0.05) is 13.8 Å². The lowest BCUT2D eigenvalue weighted by atomic mass is 9.94. The molecule has 5 heteroatoms. The molecule has 1 aromatic rings. The maximum atomic E-state index is 13.6. The molecule has 0 radical (unpaired) electrons. The number of anilines is 2. The summed E-state index contributed by atoms with van der Waals surface area (Å²) < 4.78 is 18.8. The molecule has 0 aliphatic rings. The van der Waals surface area contributed by atoms with Crippen LogP contribution in [0.25, 0.3) is 0 Å². The molecule has 0 aliphatic carbocycles. The van der Waals surface area contributed by atoms with E-state index in [-0.39, 0.29) is 5.75 Å². The lowest BCUT2D eigenvalue weighted by Gasteiger charge is -2.26. The molecule has 1 unspecified atom stereocenters. The first-order valence-corrected chi connectivity index (χ1v) is 6.93. The molecule has 0 saturated heterocycles. The lowest BCUT2D eigenvalue weighted by molar-refractivity contribution is 0.0515. The number of hydrogen-bond donors (Lipinski definition) is 3. The van der Waals surface area contributed by atoms with Gasteiger partial charge in [0.1, 0.15) is 0 Å². The van der Waals surface area contributed by atoms with E-state index >= 15 is 0 Å². The predicted molar refractivity (Wildman–Crippen MR) is 80.5 cm³/mol. The van der Waals surface area contributed by atoms with E-state index < -0.39 is 11.4 Å². The van der Waals surface area contributed by atoms with Crippen molar-refractivity contribution in [1.82, 2.24) is 0 Å². The van der Waals surface area contributed by atoms with Crippen LogP contribution in [0.5, 0.6) is 5.75 Å². The summed E-state index contributed by atoms with van der Waals surface area (Å²) in [6, 6.07) is 2.75. The fourth-order valence-electron chi connectivity index (χ4n) is 2.23. The lowest BCUT2D eigenvalue weighted by Crippen LogP contribution is -2.35. The smallest absolute Gasteiger partial charge is 0.167 e. The summed E-state index contributed by atoms with van der Waals surface area (Å²) in [7, 11) is 0. The van der Waals surface area contributed by atoms with Crippen molar-refractivity contribution in [3.05, 3.63) is 17.9 Å². The highest BCUT2D eigenvalue weighted by Gasteiger charge is 2.22. The summed E-state index contributed by atoms with van der Waals surface area (Å²) in [4.78, 5) is 0. The molecule has 0 saturated carbocycles. The van der Waals surface area contributed by atoms with Crippen LogP contribution in [0, 0.1) is 11.7 Å². The minimum Gasteiger partial charge on any atom is -0.491 e. The van der Waals surface area contributed by atoms with E-state index in [1.807, 2.05) is 13.8 Å². The van der Waals surface area contributed by atoms with E-state index in [9.17, 15) is 9.50 Å². The van der Waals surface area contributed by atoms with Crippen molar-refractivity contribution < 1.29 is 14.2 Å². The van der Waals surface area contributed by atoms with E-state index in [0.29, 0.717) is 36.9 Å². The molecular formula is C15H25FN2O2. The monoisotopic (exact) mass is 284 g/mol. The van der Waals surface area contributed by atoms with Gasteiger partial charge in [0, 0.05) is 18.7 Å². The molecule has 1 rings (SSSR count). The third-order valence-electron chi connectivity index (χ3n) is 2.91. The number of rotatable bonds is 7. The highest BCUT2D eigenvalue weighted by Crippen LogP contribution is 2.29. The van der Waals surface area contributed by atoms with E-state index in [0.717, 1.165) is 0 Å². The van der Waals surface area contributed by atoms with Gasteiger partial charge in [-0.15, -0.1) is 0 Å². The average Bonchev–Trinajstić information content (AvgIpc) is 2.29. The summed E-state index contributed by atoms with van der Waals surface area (Å²) in [5, 5.41) is 13.3. The van der Waals surface area contributed by atoms with Crippen LogP contribution in [0.2, 0.25) is 0 Å². The van der Waals surface area contributed by atoms with Crippen LogP contribution in [0.3, 0.4) is 0 Å². The topological polar surface area (TPSA) is 67.5 Å². The summed E-state index contributed by atoms with van der Waals surface area (Å²) in [5.41, 5.74) is 5.80. The quantitative estimate of drug-likeness (QED) is 0.673. The number of nitrogen functional groups attached to an aromatic ring is 1. The molecule has 0 fully saturated rings. The van der Waals surface area contributed by atoms with Crippen molar-refractivity contribution in [3.8, 4) is 5.75 Å². The Morgan fingerprint density at radius 2 is 2.10 bits per heavy atom. The zero-order valence-corrected chi connectivity index (χ0v) is 12.7. The van der Waals surface area contributed by atoms with Gasteiger partial charge in [-0.25, -0.2) is 4.39 Å². The fourth-order valence-corrected chi connectivity index (χ4v) is 2.23. The second-order valence-corrected chi connectivity index (χ2v) is 5.75. The number of ether oxygens (including phenoxy) is 1. The third-order valence-corrected chi connectivity index (χ3v) is 2.91. The van der Waals surface area contributed by atoms with Crippen LogP contribution < -0.4 is 15.8 Å². The Bertz CT molecular complexity index is 448. The van der Waals surface area contributed by atoms with Gasteiger partial charge >= 0.3 is 0 Å². The molecular weight excluding hydrogens is 259 g/mol. The SMILES string of the molecule is CCOc1cc(NCC(C)(O)CC(C)C)c(N)cc1F. The Kier molecular flexibility index (Phi) is 5.62. The minimum atomic E-state index is -0.846. The highest BCUT2D eigenvalue weighted by atomic mass is 19.1. The molecule has 1 aromatic carbocycles. The van der Waals surface area contributed by atoms with Crippen LogP contribution in [0.4, 0.5) is 15.8 Å². The van der Waals surface area contributed by atoms with Crippen LogP contribution in [0.15, 0.2) is 12.1 Å². The molecule has 0 amide bonds. The number of nitrogens with one attached hydrogen (secondary N) is 1. The zero-order valence-electron chi connectivity index (χ0n) is 12.7. The molecule has 0 spiro atoms. The molecule has 4 nitrogen and oxygen atoms in total. The van der Waals surface area contributed by atoms with Crippen molar-refractivity contribution in [2.45, 2.75) is 39.7 Å². The van der Waals surface area contributed by atoms with Crippen molar-refractivity contribution in [2.24, 2.45) is 5.92 Å². The number of nitrogens with two attached hydrogens (primary N) is 1. The summed E-state index contributed by atoms with van der Waals surface area (Å²) in [6.45, 7) is 8.37. The summed E-state index contributed by atoms with van der Waals surface area (Å²) in [5.74, 6) is 0.0629. The van der Waals surface area contributed by atoms with E-state index in [1.54, 1.807) is 13.8 Å². The molecule has 20 heavy (non-hydrogen) atoms. The second kappa shape index (κ2) is 6.79. The minimum absolute atomic E-state index is 0.160. The van der Waals surface area contributed by atoms with Crippen LogP contribution in [-0.2, 0) is 0 Å². The summed E-state index contributed by atoms with van der Waals surface area (Å²) >= 11 is 0. The van der Waals surface area contributed by atoms with Gasteiger partial charge in [0.15, 0.2) is 11.6 Å². The Hall–Kier alpha value is -1.49. The number of hydrogen-bond acceptors (Lipinski definition) is 4. The van der Waals surface area contributed by atoms with Gasteiger partial charge in [-0.3, -0.25) is 0 Å². The summed E-state index contributed by atoms with van der Waals surface area (Å²) in [6.07, 6.45) is 0.666. The van der Waals surface area contributed by atoms with Gasteiger partial charge in [0.05, 0.1) is 23.6 Å². The predicted octanol–water partition coefficient (Wildman–Crippen LogP) is 3.02. The van der Waals surface area contributed by atoms with Gasteiger partial charge in [0.2, 0.25) is 0 Å². The Morgan fingerprint density at radius 3 is 2.65 bits per heavy atom. The zero-order chi connectivity index (χ0) is 15.3. The standard InChI is InChI=1S/C15H25FN2O2/c1-5-20-14-7-13(12(17)6-11(14)16)18-9-15(4,19)8-10(2)3/h6-7,10,18-19H,5,8-9,17H2,1-4H3. The number of halogens is 1. The normalized spacial score (nSPS) is 14.2. The van der Waals surface area contributed by atoms with Crippen LogP contribution >= 0.6 is 0 Å². The average molecular weight is 284 g/mol. The van der Waals surface area contributed by atoms with Gasteiger partial charge in [0.25, 0.3) is 0 Å².